The van der Waals surface area contributed by atoms with Gasteiger partial charge in [-0.3, -0.25) is 0 Å². The minimum Gasteiger partial charge on any atom is -0.328 e. The topological polar surface area (TPSA) is 26.0 Å². The summed E-state index contributed by atoms with van der Waals surface area (Å²) in [5.74, 6) is 2.17. The first-order valence-corrected chi connectivity index (χ1v) is 10.8. The van der Waals surface area contributed by atoms with Crippen molar-refractivity contribution in [2.24, 2.45) is 11.7 Å². The van der Waals surface area contributed by atoms with E-state index in [2.05, 4.69) is 61.2 Å². The lowest BCUT2D eigenvalue weighted by Gasteiger charge is -2.27. The summed E-state index contributed by atoms with van der Waals surface area (Å²) in [6.45, 7) is 3.96. The molecule has 0 bridgehead atoms. The minimum atomic E-state index is 0.422. The predicted octanol–water partition coefficient (Wildman–Crippen LogP) is 6.80. The molecule has 0 radical (unpaired) electrons. The molecule has 0 spiro atoms. The summed E-state index contributed by atoms with van der Waals surface area (Å²) in [6, 6.07) is 19.0. The summed E-state index contributed by atoms with van der Waals surface area (Å²) >= 11 is 0. The molecule has 2 fully saturated rings. The van der Waals surface area contributed by atoms with Crippen molar-refractivity contribution in [3.8, 4) is 11.1 Å². The molecule has 0 heterocycles. The van der Waals surface area contributed by atoms with Crippen LogP contribution in [0.1, 0.15) is 74.3 Å². The number of benzene rings is 2. The Morgan fingerprint density at radius 2 is 1.04 bits per heavy atom. The van der Waals surface area contributed by atoms with E-state index in [9.17, 15) is 0 Å². The van der Waals surface area contributed by atoms with E-state index in [1.807, 2.05) is 0 Å². The fourth-order valence-electron chi connectivity index (χ4n) is 5.04. The maximum atomic E-state index is 6.05. The van der Waals surface area contributed by atoms with Crippen LogP contribution < -0.4 is 5.73 Å². The van der Waals surface area contributed by atoms with Gasteiger partial charge in [0.05, 0.1) is 0 Å². The van der Waals surface area contributed by atoms with Gasteiger partial charge >= 0.3 is 0 Å². The second kappa shape index (κ2) is 8.44. The first kappa shape index (κ1) is 18.5. The maximum absolute atomic E-state index is 6.05. The number of hydrogen-bond acceptors (Lipinski definition) is 1. The van der Waals surface area contributed by atoms with Crippen LogP contribution in [0.4, 0.5) is 0 Å². The monoisotopic (exact) mass is 359 g/mol. The molecule has 142 valence electrons. The summed E-state index contributed by atoms with van der Waals surface area (Å²) in [6.07, 6.45) is 12.2. The Morgan fingerprint density at radius 3 is 1.44 bits per heavy atom. The summed E-state index contributed by atoms with van der Waals surface area (Å²) in [5, 5.41) is 0. The van der Waals surface area contributed by atoms with Crippen molar-refractivity contribution < 1.29 is 0 Å². The zero-order valence-corrected chi connectivity index (χ0v) is 16.4. The van der Waals surface area contributed by atoms with Gasteiger partial charge in [0.25, 0.3) is 0 Å². The molecule has 0 aliphatic heterocycles. The van der Waals surface area contributed by atoms with Crippen molar-refractivity contribution in [3.63, 3.8) is 0 Å². The lowest BCUT2D eigenvalue weighted by molar-refractivity contribution is 0.376. The average Bonchev–Trinajstić information content (AvgIpc) is 2.75. The van der Waals surface area contributed by atoms with E-state index >= 15 is 0 Å². The molecule has 0 atom stereocenters. The van der Waals surface area contributed by atoms with Gasteiger partial charge in [-0.25, -0.2) is 0 Å². The van der Waals surface area contributed by atoms with Gasteiger partial charge in [-0.1, -0.05) is 54.6 Å². The van der Waals surface area contributed by atoms with Crippen LogP contribution in [-0.4, -0.2) is 6.04 Å². The standard InChI is InChI=1S/C26H33N/c1-2-19-3-5-20(6-4-19)21-7-9-22(10-8-21)23-11-13-24(14-12-23)25-15-17-26(27)18-16-25/h2,7-14,19-20,25-26H,1,3-6,15-18,27H2. The van der Waals surface area contributed by atoms with E-state index in [1.54, 1.807) is 0 Å². The SMILES string of the molecule is C=CC1CCC(c2ccc(-c3ccc(C4CCC(N)CC4)cc3)cc2)CC1. The van der Waals surface area contributed by atoms with Gasteiger partial charge < -0.3 is 5.73 Å². The fraction of sp³-hybridized carbons (Fsp3) is 0.462. The Bertz CT molecular complexity index is 727. The van der Waals surface area contributed by atoms with Gasteiger partial charge in [-0.15, -0.1) is 6.58 Å². The largest absolute Gasteiger partial charge is 0.328 e. The molecule has 2 aromatic rings. The zero-order valence-electron chi connectivity index (χ0n) is 16.4. The van der Waals surface area contributed by atoms with Crippen molar-refractivity contribution in [3.05, 3.63) is 72.3 Å². The molecule has 1 nitrogen and oxygen atoms in total. The molecule has 1 heteroatoms. The number of allylic oxidation sites excluding steroid dienone is 1. The molecule has 4 rings (SSSR count). The first-order chi connectivity index (χ1) is 13.2. The molecular weight excluding hydrogens is 326 g/mol. The predicted molar refractivity (Wildman–Crippen MR) is 116 cm³/mol. The Kier molecular flexibility index (Phi) is 5.78. The van der Waals surface area contributed by atoms with Crippen LogP contribution in [0.25, 0.3) is 11.1 Å². The summed E-state index contributed by atoms with van der Waals surface area (Å²) < 4.78 is 0. The van der Waals surface area contributed by atoms with Gasteiger partial charge in [-0.2, -0.15) is 0 Å². The van der Waals surface area contributed by atoms with Crippen LogP contribution in [0, 0.1) is 5.92 Å². The molecule has 0 unspecified atom stereocenters. The van der Waals surface area contributed by atoms with Crippen molar-refractivity contribution in [1.82, 2.24) is 0 Å². The maximum Gasteiger partial charge on any atom is 0.00392 e. The second-order valence-corrected chi connectivity index (χ2v) is 8.70. The van der Waals surface area contributed by atoms with Crippen LogP contribution >= 0.6 is 0 Å². The molecule has 2 aliphatic rings. The smallest absolute Gasteiger partial charge is 0.00392 e. The zero-order chi connectivity index (χ0) is 18.6. The van der Waals surface area contributed by atoms with Crippen molar-refractivity contribution >= 4 is 0 Å². The van der Waals surface area contributed by atoms with Crippen molar-refractivity contribution in [1.29, 1.82) is 0 Å². The highest BCUT2D eigenvalue weighted by Crippen LogP contribution is 2.37. The average molecular weight is 360 g/mol. The van der Waals surface area contributed by atoms with Crippen molar-refractivity contribution in [2.75, 3.05) is 0 Å². The van der Waals surface area contributed by atoms with E-state index in [0.717, 1.165) is 11.8 Å². The summed E-state index contributed by atoms with van der Waals surface area (Å²) in [4.78, 5) is 0. The third kappa shape index (κ3) is 4.35. The van der Waals surface area contributed by atoms with Gasteiger partial charge in [0, 0.05) is 6.04 Å². The fourth-order valence-corrected chi connectivity index (χ4v) is 5.04. The van der Waals surface area contributed by atoms with E-state index in [1.165, 1.54) is 73.6 Å². The van der Waals surface area contributed by atoms with Gasteiger partial charge in [0.2, 0.25) is 0 Å². The number of hydrogen-bond donors (Lipinski definition) is 1. The van der Waals surface area contributed by atoms with E-state index < -0.39 is 0 Å². The van der Waals surface area contributed by atoms with E-state index in [0.29, 0.717) is 12.0 Å². The molecular formula is C26H33N. The molecule has 2 saturated carbocycles. The van der Waals surface area contributed by atoms with Crippen LogP contribution in [-0.2, 0) is 0 Å². The lowest BCUT2D eigenvalue weighted by Crippen LogP contribution is -2.25. The molecule has 27 heavy (non-hydrogen) atoms. The lowest BCUT2D eigenvalue weighted by atomic mass is 9.78. The Balaban J connectivity index is 1.41. The number of rotatable bonds is 4. The molecule has 0 saturated heterocycles. The van der Waals surface area contributed by atoms with E-state index in [4.69, 9.17) is 5.73 Å². The Labute approximate surface area is 164 Å². The van der Waals surface area contributed by atoms with Crippen LogP contribution in [0.5, 0.6) is 0 Å². The second-order valence-electron chi connectivity index (χ2n) is 8.70. The molecule has 0 aromatic heterocycles. The molecule has 0 amide bonds. The Morgan fingerprint density at radius 1 is 0.630 bits per heavy atom. The van der Waals surface area contributed by atoms with Crippen molar-refractivity contribution in [2.45, 2.75) is 69.2 Å². The van der Waals surface area contributed by atoms with Crippen LogP contribution in [0.2, 0.25) is 0 Å². The quantitative estimate of drug-likeness (QED) is 0.597. The van der Waals surface area contributed by atoms with E-state index in [-0.39, 0.29) is 0 Å². The highest BCUT2D eigenvalue weighted by Gasteiger charge is 2.21. The van der Waals surface area contributed by atoms with Crippen LogP contribution in [0.15, 0.2) is 61.2 Å². The highest BCUT2D eigenvalue weighted by molar-refractivity contribution is 5.64. The molecule has 2 N–H and O–H groups in total. The van der Waals surface area contributed by atoms with Gasteiger partial charge in [0.1, 0.15) is 0 Å². The third-order valence-electron chi connectivity index (χ3n) is 6.97. The molecule has 2 aliphatic carbocycles. The molecule has 2 aromatic carbocycles. The third-order valence-corrected chi connectivity index (χ3v) is 6.97. The summed E-state index contributed by atoms with van der Waals surface area (Å²) in [5.41, 5.74) is 11.7. The summed E-state index contributed by atoms with van der Waals surface area (Å²) in [7, 11) is 0. The van der Waals surface area contributed by atoms with Gasteiger partial charge in [0.15, 0.2) is 0 Å². The minimum absolute atomic E-state index is 0.422. The van der Waals surface area contributed by atoms with Crippen LogP contribution in [0.3, 0.4) is 0 Å². The first-order valence-electron chi connectivity index (χ1n) is 10.8. The highest BCUT2D eigenvalue weighted by atomic mass is 14.6. The normalized spacial score (nSPS) is 28.6. The number of nitrogens with two attached hydrogens (primary N) is 1. The van der Waals surface area contributed by atoms with Gasteiger partial charge in [-0.05, 0) is 91.4 Å². The Hall–Kier alpha value is -1.86.